The zero-order chi connectivity index (χ0) is 21.6. The lowest BCUT2D eigenvalue weighted by Gasteiger charge is -2.29. The van der Waals surface area contributed by atoms with E-state index in [-0.39, 0.29) is 36.8 Å². The van der Waals surface area contributed by atoms with Crippen molar-refractivity contribution in [3.63, 3.8) is 0 Å². The van der Waals surface area contributed by atoms with Gasteiger partial charge in [-0.25, -0.2) is 13.6 Å². The van der Waals surface area contributed by atoms with Crippen LogP contribution in [0.15, 0.2) is 53.7 Å². The van der Waals surface area contributed by atoms with Crippen LogP contribution in [0.4, 0.5) is 13.6 Å². The van der Waals surface area contributed by atoms with Crippen LogP contribution in [0.1, 0.15) is 49.7 Å². The molecule has 0 saturated heterocycles. The molecule has 1 N–H and O–H groups in total. The smallest absolute Gasteiger partial charge is 0.318 e. The fraction of sp³-hybridized carbons (Fsp3) is 0.417. The Hall–Kier alpha value is -2.96. The number of rotatable bonds is 6. The summed E-state index contributed by atoms with van der Waals surface area (Å²) in [6.45, 7) is 0.356. The van der Waals surface area contributed by atoms with Crippen LogP contribution in [0, 0.1) is 11.6 Å². The molecule has 0 aromatic heterocycles. The van der Waals surface area contributed by atoms with E-state index in [4.69, 9.17) is 4.84 Å². The molecule has 2 aromatic rings. The Bertz CT molecular complexity index is 944. The number of hydrogen-bond donors (Lipinski definition) is 1. The molecule has 5 nitrogen and oxygen atoms in total. The molecule has 1 saturated carbocycles. The van der Waals surface area contributed by atoms with Crippen LogP contribution in [0.2, 0.25) is 0 Å². The van der Waals surface area contributed by atoms with Gasteiger partial charge in [0.05, 0.1) is 18.8 Å². The van der Waals surface area contributed by atoms with Crippen LogP contribution in [0.5, 0.6) is 0 Å². The molecule has 2 aliphatic rings. The Morgan fingerprint density at radius 2 is 1.74 bits per heavy atom. The van der Waals surface area contributed by atoms with Gasteiger partial charge in [-0.15, -0.1) is 0 Å². The number of benzene rings is 2. The lowest BCUT2D eigenvalue weighted by molar-refractivity contribution is 0.0580. The van der Waals surface area contributed by atoms with Gasteiger partial charge in [0.15, 0.2) is 6.10 Å². The summed E-state index contributed by atoms with van der Waals surface area (Å²) in [5.41, 5.74) is 1.36. The Labute approximate surface area is 181 Å². The minimum Gasteiger partial charge on any atom is -0.390 e. The maximum atomic E-state index is 14.3. The predicted octanol–water partition coefficient (Wildman–Crippen LogP) is 5.00. The van der Waals surface area contributed by atoms with Crippen LogP contribution in [-0.2, 0) is 11.4 Å². The number of hydrogen-bond acceptors (Lipinski definition) is 3. The zero-order valence-corrected chi connectivity index (χ0v) is 17.4. The summed E-state index contributed by atoms with van der Waals surface area (Å²) in [6.07, 6.45) is 5.27. The number of nitrogens with one attached hydrogen (secondary N) is 1. The topological polar surface area (TPSA) is 53.9 Å². The first kappa shape index (κ1) is 21.3. The molecule has 164 valence electrons. The fourth-order valence-electron chi connectivity index (χ4n) is 4.19. The van der Waals surface area contributed by atoms with Crippen molar-refractivity contribution >= 4 is 11.7 Å². The summed E-state index contributed by atoms with van der Waals surface area (Å²) >= 11 is 0. The highest BCUT2D eigenvalue weighted by atomic mass is 19.1. The average molecular weight is 427 g/mol. The molecule has 1 fully saturated rings. The molecule has 1 heterocycles. The van der Waals surface area contributed by atoms with Gasteiger partial charge in [0.1, 0.15) is 11.6 Å². The van der Waals surface area contributed by atoms with Crippen molar-refractivity contribution in [1.29, 1.82) is 0 Å². The maximum Gasteiger partial charge on any atom is 0.318 e. The summed E-state index contributed by atoms with van der Waals surface area (Å²) in [5, 5.41) is 7.14. The van der Waals surface area contributed by atoms with E-state index in [1.807, 2.05) is 0 Å². The molecule has 1 atom stereocenters. The molecule has 31 heavy (non-hydrogen) atoms. The SMILES string of the molecule is O=C(NC1CCCCC1)N(Cc1ccccc1F)CC1CC(c2ccccc2F)=NO1. The summed E-state index contributed by atoms with van der Waals surface area (Å²) in [4.78, 5) is 20.1. The minimum atomic E-state index is -0.418. The van der Waals surface area contributed by atoms with Crippen LogP contribution in [0.3, 0.4) is 0 Å². The van der Waals surface area contributed by atoms with Crippen molar-refractivity contribution in [3.8, 4) is 0 Å². The Morgan fingerprint density at radius 3 is 2.48 bits per heavy atom. The summed E-state index contributed by atoms with van der Waals surface area (Å²) in [5.74, 6) is -0.711. The second kappa shape index (κ2) is 9.90. The lowest BCUT2D eigenvalue weighted by atomic mass is 9.96. The average Bonchev–Trinajstić information content (AvgIpc) is 3.24. The van der Waals surface area contributed by atoms with Gasteiger partial charge in [0, 0.05) is 23.6 Å². The Balaban J connectivity index is 1.44. The number of nitrogens with zero attached hydrogens (tertiary/aromatic N) is 2. The molecule has 1 aliphatic heterocycles. The second-order valence-corrected chi connectivity index (χ2v) is 8.21. The highest BCUT2D eigenvalue weighted by Crippen LogP contribution is 2.22. The van der Waals surface area contributed by atoms with Crippen LogP contribution in [-0.4, -0.2) is 35.3 Å². The molecule has 1 unspecified atom stereocenters. The van der Waals surface area contributed by atoms with E-state index in [0.29, 0.717) is 23.3 Å². The van der Waals surface area contributed by atoms with Crippen molar-refractivity contribution in [1.82, 2.24) is 10.2 Å². The number of carbonyl (C=O) groups is 1. The van der Waals surface area contributed by atoms with Gasteiger partial charge in [-0.1, -0.05) is 60.8 Å². The quantitative estimate of drug-likeness (QED) is 0.705. The van der Waals surface area contributed by atoms with E-state index < -0.39 is 6.10 Å². The Kier molecular flexibility index (Phi) is 6.79. The van der Waals surface area contributed by atoms with Crippen molar-refractivity contribution in [2.75, 3.05) is 6.54 Å². The number of amides is 2. The van der Waals surface area contributed by atoms with Gasteiger partial charge >= 0.3 is 6.03 Å². The van der Waals surface area contributed by atoms with E-state index in [0.717, 1.165) is 25.7 Å². The number of oxime groups is 1. The van der Waals surface area contributed by atoms with Crippen LogP contribution < -0.4 is 5.32 Å². The molecular formula is C24H27F2N3O2. The molecule has 2 amide bonds. The standard InChI is InChI=1S/C24H27F2N3O2/c25-21-12-6-4-8-17(21)15-29(24(30)27-18-9-2-1-3-10-18)16-19-14-23(28-31-19)20-11-5-7-13-22(20)26/h4-8,11-13,18-19H,1-3,9-10,14-16H2,(H,27,30). The molecule has 0 spiro atoms. The van der Waals surface area contributed by atoms with Crippen molar-refractivity contribution in [2.45, 2.75) is 57.2 Å². The van der Waals surface area contributed by atoms with Crippen molar-refractivity contribution < 1.29 is 18.4 Å². The third kappa shape index (κ3) is 5.40. The Morgan fingerprint density at radius 1 is 1.03 bits per heavy atom. The van der Waals surface area contributed by atoms with E-state index in [1.165, 1.54) is 18.6 Å². The van der Waals surface area contributed by atoms with E-state index in [2.05, 4.69) is 10.5 Å². The van der Waals surface area contributed by atoms with Gasteiger partial charge in [-0.05, 0) is 25.0 Å². The van der Waals surface area contributed by atoms with Crippen LogP contribution in [0.25, 0.3) is 0 Å². The predicted molar refractivity (Wildman–Crippen MR) is 115 cm³/mol. The van der Waals surface area contributed by atoms with Gasteiger partial charge < -0.3 is 15.1 Å². The summed E-state index contributed by atoms with van der Waals surface area (Å²) in [6, 6.07) is 12.7. The normalized spacial score (nSPS) is 18.9. The van der Waals surface area contributed by atoms with E-state index >= 15 is 0 Å². The van der Waals surface area contributed by atoms with Gasteiger partial charge in [0.2, 0.25) is 0 Å². The number of halogens is 2. The third-order valence-electron chi connectivity index (χ3n) is 5.88. The van der Waals surface area contributed by atoms with Gasteiger partial charge in [-0.3, -0.25) is 0 Å². The molecule has 7 heteroatoms. The first-order valence-electron chi connectivity index (χ1n) is 10.9. The second-order valence-electron chi connectivity index (χ2n) is 8.21. The number of carbonyl (C=O) groups excluding carboxylic acids is 1. The molecular weight excluding hydrogens is 400 g/mol. The zero-order valence-electron chi connectivity index (χ0n) is 17.4. The molecule has 2 aromatic carbocycles. The molecule has 0 bridgehead atoms. The first-order chi connectivity index (χ1) is 15.1. The minimum absolute atomic E-state index is 0.125. The van der Waals surface area contributed by atoms with E-state index in [1.54, 1.807) is 41.3 Å². The number of urea groups is 1. The molecule has 0 radical (unpaired) electrons. The van der Waals surface area contributed by atoms with Crippen molar-refractivity contribution in [3.05, 3.63) is 71.3 Å². The van der Waals surface area contributed by atoms with E-state index in [9.17, 15) is 13.6 Å². The van der Waals surface area contributed by atoms with Gasteiger partial charge in [-0.2, -0.15) is 0 Å². The fourth-order valence-corrected chi connectivity index (χ4v) is 4.19. The van der Waals surface area contributed by atoms with Gasteiger partial charge in [0.25, 0.3) is 0 Å². The largest absolute Gasteiger partial charge is 0.390 e. The highest BCUT2D eigenvalue weighted by molar-refractivity contribution is 6.01. The maximum absolute atomic E-state index is 14.3. The monoisotopic (exact) mass is 427 g/mol. The van der Waals surface area contributed by atoms with Crippen molar-refractivity contribution in [2.24, 2.45) is 5.16 Å². The first-order valence-corrected chi connectivity index (χ1v) is 10.9. The van der Waals surface area contributed by atoms with Crippen LogP contribution >= 0.6 is 0 Å². The molecule has 4 rings (SSSR count). The highest BCUT2D eigenvalue weighted by Gasteiger charge is 2.29. The lowest BCUT2D eigenvalue weighted by Crippen LogP contribution is -2.47. The summed E-state index contributed by atoms with van der Waals surface area (Å²) in [7, 11) is 0. The summed E-state index contributed by atoms with van der Waals surface area (Å²) < 4.78 is 28.4. The molecule has 1 aliphatic carbocycles. The third-order valence-corrected chi connectivity index (χ3v) is 5.88.